The molecule has 1 amide bonds. The second kappa shape index (κ2) is 8.70. The van der Waals surface area contributed by atoms with Crippen LogP contribution >= 0.6 is 23.2 Å². The van der Waals surface area contributed by atoms with Gasteiger partial charge in [-0.1, -0.05) is 23.2 Å². The van der Waals surface area contributed by atoms with Crippen molar-refractivity contribution < 1.29 is 13.2 Å². The van der Waals surface area contributed by atoms with Crippen LogP contribution in [-0.4, -0.2) is 46.6 Å². The second-order valence-electron chi connectivity index (χ2n) is 9.13. The molecule has 1 aliphatic heterocycles. The molecule has 2 aliphatic rings. The first-order valence-corrected chi connectivity index (χ1v) is 13.9. The van der Waals surface area contributed by atoms with Crippen molar-refractivity contribution in [3.8, 4) is 0 Å². The van der Waals surface area contributed by atoms with E-state index in [0.29, 0.717) is 12.5 Å². The van der Waals surface area contributed by atoms with Crippen molar-refractivity contribution in [2.45, 2.75) is 51.0 Å². The van der Waals surface area contributed by atoms with E-state index in [2.05, 4.69) is 10.8 Å². The predicted molar refractivity (Wildman–Crippen MR) is 132 cm³/mol. The van der Waals surface area contributed by atoms with Crippen molar-refractivity contribution in [1.29, 1.82) is 0 Å². The molecule has 2 aromatic heterocycles. The summed E-state index contributed by atoms with van der Waals surface area (Å²) in [7, 11) is -3.67. The number of benzene rings is 1. The van der Waals surface area contributed by atoms with Gasteiger partial charge in [-0.2, -0.15) is 5.10 Å². The molecule has 8 nitrogen and oxygen atoms in total. The third-order valence-corrected chi connectivity index (χ3v) is 7.41. The maximum absolute atomic E-state index is 13.8. The minimum atomic E-state index is -3.67. The third kappa shape index (κ3) is 4.61. The largest absolute Gasteiger partial charge is 0.330 e. The fraction of sp³-hybridized carbons (Fsp3) is 0.435. The molecule has 2 fully saturated rings. The lowest BCUT2D eigenvalue weighted by atomic mass is 9.98. The van der Waals surface area contributed by atoms with Gasteiger partial charge in [0, 0.05) is 34.9 Å². The Morgan fingerprint density at radius 3 is 2.56 bits per heavy atom. The van der Waals surface area contributed by atoms with Gasteiger partial charge in [0.15, 0.2) is 5.65 Å². The number of carbonyl (C=O) groups is 1. The van der Waals surface area contributed by atoms with E-state index in [-0.39, 0.29) is 33.2 Å². The number of nitrogens with one attached hydrogen (secondary N) is 1. The van der Waals surface area contributed by atoms with E-state index >= 15 is 0 Å². The van der Waals surface area contributed by atoms with Crippen molar-refractivity contribution in [3.63, 3.8) is 0 Å². The van der Waals surface area contributed by atoms with Gasteiger partial charge < -0.3 is 4.90 Å². The highest BCUT2D eigenvalue weighted by Crippen LogP contribution is 2.40. The first-order valence-electron chi connectivity index (χ1n) is 11.3. The summed E-state index contributed by atoms with van der Waals surface area (Å²) < 4.78 is 28.1. The Labute approximate surface area is 208 Å². The molecule has 0 unspecified atom stereocenters. The van der Waals surface area contributed by atoms with E-state index in [1.807, 2.05) is 17.5 Å². The minimum absolute atomic E-state index is 0.0319. The zero-order valence-corrected chi connectivity index (χ0v) is 21.2. The van der Waals surface area contributed by atoms with Crippen molar-refractivity contribution in [2.75, 3.05) is 17.5 Å². The van der Waals surface area contributed by atoms with Gasteiger partial charge in [0.2, 0.25) is 10.0 Å². The fourth-order valence-corrected chi connectivity index (χ4v) is 5.77. The Hall–Kier alpha value is -2.36. The summed E-state index contributed by atoms with van der Waals surface area (Å²) in [6.07, 6.45) is 5.88. The Kier molecular flexibility index (Phi) is 5.98. The third-order valence-electron chi connectivity index (χ3n) is 6.32. The molecule has 1 saturated carbocycles. The molecule has 34 heavy (non-hydrogen) atoms. The number of anilines is 1. The van der Waals surface area contributed by atoms with Gasteiger partial charge in [-0.25, -0.2) is 17.9 Å². The molecular weight excluding hydrogens is 497 g/mol. The van der Waals surface area contributed by atoms with Gasteiger partial charge in [0.25, 0.3) is 5.91 Å². The van der Waals surface area contributed by atoms with Crippen molar-refractivity contribution in [1.82, 2.24) is 19.5 Å². The molecule has 0 spiro atoms. The molecule has 1 N–H and O–H groups in total. The average molecular weight is 522 g/mol. The topological polar surface area (TPSA) is 96.7 Å². The maximum atomic E-state index is 13.8. The van der Waals surface area contributed by atoms with Gasteiger partial charge in [-0.15, -0.1) is 0 Å². The standard InChI is InChI=1S/C23H25Cl2N5O3S/c1-13-9-18(14-6-7-14)26-21-12-19(27-30(13)21)20-5-3-4-8-29(20)23(31)16-10-15(24)11-17(25)22(16)28-34(2,32)33/h9-12,14,20,28H,3-8H2,1-2H3/t20-/m1/s1. The van der Waals surface area contributed by atoms with Crippen LogP contribution in [-0.2, 0) is 10.0 Å². The molecular formula is C23H25Cl2N5O3S. The summed E-state index contributed by atoms with van der Waals surface area (Å²) in [4.78, 5) is 20.3. The van der Waals surface area contributed by atoms with Crippen LogP contribution in [0.5, 0.6) is 0 Å². The van der Waals surface area contributed by atoms with Gasteiger partial charge in [0.05, 0.1) is 34.3 Å². The van der Waals surface area contributed by atoms with Crippen LogP contribution in [0.15, 0.2) is 24.3 Å². The van der Waals surface area contributed by atoms with Crippen LogP contribution in [0.3, 0.4) is 0 Å². The predicted octanol–water partition coefficient (Wildman–Crippen LogP) is 4.96. The molecule has 0 radical (unpaired) electrons. The van der Waals surface area contributed by atoms with Crippen LogP contribution in [0.2, 0.25) is 10.0 Å². The summed E-state index contributed by atoms with van der Waals surface area (Å²) in [6, 6.07) is 6.63. The fourth-order valence-electron chi connectivity index (χ4n) is 4.59. The van der Waals surface area contributed by atoms with E-state index in [0.717, 1.165) is 48.2 Å². The number of rotatable bonds is 5. The minimum Gasteiger partial charge on any atom is -0.330 e. The number of carbonyl (C=O) groups excluding carboxylic acids is 1. The van der Waals surface area contributed by atoms with Crippen molar-refractivity contribution >= 4 is 50.5 Å². The highest BCUT2D eigenvalue weighted by atomic mass is 35.5. The highest BCUT2D eigenvalue weighted by molar-refractivity contribution is 7.92. The number of hydrogen-bond donors (Lipinski definition) is 1. The Bertz CT molecular complexity index is 1400. The molecule has 180 valence electrons. The number of likely N-dealkylation sites (tertiary alicyclic amines) is 1. The number of hydrogen-bond acceptors (Lipinski definition) is 5. The van der Waals surface area contributed by atoms with E-state index in [9.17, 15) is 13.2 Å². The summed E-state index contributed by atoms with van der Waals surface area (Å²) in [5, 5.41) is 5.11. The van der Waals surface area contributed by atoms with Crippen LogP contribution < -0.4 is 4.72 Å². The normalized spacial score (nSPS) is 18.9. The molecule has 1 saturated heterocycles. The SMILES string of the molecule is Cc1cc(C2CC2)nc2cc([C@H]3CCCCN3C(=O)c3cc(Cl)cc(Cl)c3NS(C)(=O)=O)nn12. The van der Waals surface area contributed by atoms with Crippen molar-refractivity contribution in [2.24, 2.45) is 0 Å². The molecule has 1 atom stereocenters. The van der Waals surface area contributed by atoms with Crippen LogP contribution in [0, 0.1) is 6.92 Å². The van der Waals surface area contributed by atoms with Crippen LogP contribution in [0.4, 0.5) is 5.69 Å². The van der Waals surface area contributed by atoms with E-state index in [4.69, 9.17) is 33.3 Å². The van der Waals surface area contributed by atoms with E-state index in [1.54, 1.807) is 4.90 Å². The number of sulfonamides is 1. The maximum Gasteiger partial charge on any atom is 0.256 e. The van der Waals surface area contributed by atoms with Gasteiger partial charge in [-0.05, 0) is 57.2 Å². The highest BCUT2D eigenvalue weighted by Gasteiger charge is 2.33. The number of nitrogens with zero attached hydrogens (tertiary/aromatic N) is 4. The molecule has 1 aliphatic carbocycles. The summed E-state index contributed by atoms with van der Waals surface area (Å²) >= 11 is 12.5. The molecule has 11 heteroatoms. The Morgan fingerprint density at radius 1 is 1.09 bits per heavy atom. The second-order valence-corrected chi connectivity index (χ2v) is 11.7. The molecule has 3 heterocycles. The number of amides is 1. The van der Waals surface area contributed by atoms with E-state index in [1.165, 1.54) is 25.0 Å². The first kappa shape index (κ1) is 23.4. The first-order chi connectivity index (χ1) is 16.1. The number of fused-ring (bicyclic) bond motifs is 1. The quantitative estimate of drug-likeness (QED) is 0.511. The lowest BCUT2D eigenvalue weighted by molar-refractivity contribution is 0.0607. The lowest BCUT2D eigenvalue weighted by Gasteiger charge is -2.35. The molecule has 3 aromatic rings. The smallest absolute Gasteiger partial charge is 0.256 e. The van der Waals surface area contributed by atoms with Crippen LogP contribution in [0.1, 0.15) is 71.5 Å². The lowest BCUT2D eigenvalue weighted by Crippen LogP contribution is -2.39. The summed E-state index contributed by atoms with van der Waals surface area (Å²) in [6.45, 7) is 2.53. The van der Waals surface area contributed by atoms with Gasteiger partial charge in [0.1, 0.15) is 0 Å². The van der Waals surface area contributed by atoms with Gasteiger partial charge >= 0.3 is 0 Å². The number of aryl methyl sites for hydroxylation is 1. The van der Waals surface area contributed by atoms with Crippen LogP contribution in [0.25, 0.3) is 5.65 Å². The zero-order valence-electron chi connectivity index (χ0n) is 18.9. The average Bonchev–Trinajstić information content (AvgIpc) is 3.53. The van der Waals surface area contributed by atoms with Crippen molar-refractivity contribution in [3.05, 3.63) is 57.0 Å². The summed E-state index contributed by atoms with van der Waals surface area (Å²) in [5.74, 6) is 0.184. The number of piperidine rings is 1. The zero-order chi connectivity index (χ0) is 24.2. The molecule has 0 bridgehead atoms. The van der Waals surface area contributed by atoms with E-state index < -0.39 is 10.0 Å². The Morgan fingerprint density at radius 2 is 1.85 bits per heavy atom. The molecule has 1 aromatic carbocycles. The van der Waals surface area contributed by atoms with Gasteiger partial charge in [-0.3, -0.25) is 9.52 Å². The summed E-state index contributed by atoms with van der Waals surface area (Å²) in [5.41, 5.74) is 3.79. The monoisotopic (exact) mass is 521 g/mol. The molecule has 5 rings (SSSR count). The Balaban J connectivity index is 1.54. The number of aromatic nitrogens is 3. The number of halogens is 2.